The van der Waals surface area contributed by atoms with E-state index in [2.05, 4.69) is 62.4 Å². The van der Waals surface area contributed by atoms with E-state index in [-0.39, 0.29) is 0 Å². The molecule has 1 heteroatoms. The highest BCUT2D eigenvalue weighted by atomic mass is 14.5. The zero-order valence-electron chi connectivity index (χ0n) is 23.2. The average molecular weight is 478 g/mol. The lowest BCUT2D eigenvalue weighted by Crippen LogP contribution is -2.05. The second-order valence-electron chi connectivity index (χ2n) is 10.9. The monoisotopic (exact) mass is 477 g/mol. The summed E-state index contributed by atoms with van der Waals surface area (Å²) in [5, 5.41) is 0. The minimum absolute atomic E-state index is 0.536. The molecule has 0 unspecified atom stereocenters. The Bertz CT molecular complexity index is 719. The van der Waals surface area contributed by atoms with Crippen LogP contribution >= 0.6 is 0 Å². The average Bonchev–Trinajstić information content (AvgIpc) is 2.87. The third-order valence-electron chi connectivity index (χ3n) is 7.82. The Morgan fingerprint density at radius 2 is 0.771 bits per heavy atom. The van der Waals surface area contributed by atoms with Gasteiger partial charge in [-0.05, 0) is 55.5 Å². The van der Waals surface area contributed by atoms with Gasteiger partial charge in [-0.15, -0.1) is 0 Å². The highest BCUT2D eigenvalue weighted by molar-refractivity contribution is 5.40. The minimum Gasteiger partial charge on any atom is -0.330 e. The van der Waals surface area contributed by atoms with Gasteiger partial charge in [0, 0.05) is 5.92 Å². The third-order valence-corrected chi connectivity index (χ3v) is 7.82. The number of nitrogens with two attached hydrogens (primary N) is 1. The van der Waals surface area contributed by atoms with Crippen molar-refractivity contribution < 1.29 is 0 Å². The molecule has 0 heterocycles. The number of benzene rings is 2. The van der Waals surface area contributed by atoms with E-state index in [1.165, 1.54) is 138 Å². The zero-order chi connectivity index (χ0) is 25.0. The SMILES string of the molecule is Cc1ccccc1C(CCCCCCCCCCCCCCCCCCCN)c1ccccc1C. The minimum atomic E-state index is 0.536. The van der Waals surface area contributed by atoms with E-state index >= 15 is 0 Å². The topological polar surface area (TPSA) is 26.0 Å². The Balaban J connectivity index is 1.50. The number of hydrogen-bond acceptors (Lipinski definition) is 1. The van der Waals surface area contributed by atoms with Crippen LogP contribution in [0.15, 0.2) is 48.5 Å². The highest BCUT2D eigenvalue weighted by Gasteiger charge is 2.17. The first-order valence-electron chi connectivity index (χ1n) is 15.0. The van der Waals surface area contributed by atoms with Crippen molar-refractivity contribution in [2.75, 3.05) is 6.54 Å². The van der Waals surface area contributed by atoms with Crippen LogP contribution in [0.5, 0.6) is 0 Å². The molecule has 0 aliphatic rings. The maximum absolute atomic E-state index is 5.55. The van der Waals surface area contributed by atoms with Gasteiger partial charge in [0.05, 0.1) is 0 Å². The van der Waals surface area contributed by atoms with E-state index in [1.807, 2.05) is 0 Å². The van der Waals surface area contributed by atoms with Crippen molar-refractivity contribution in [1.29, 1.82) is 0 Å². The van der Waals surface area contributed by atoms with Crippen molar-refractivity contribution in [3.63, 3.8) is 0 Å². The van der Waals surface area contributed by atoms with Crippen LogP contribution in [0.25, 0.3) is 0 Å². The molecule has 0 atom stereocenters. The predicted molar refractivity (Wildman–Crippen MR) is 156 cm³/mol. The van der Waals surface area contributed by atoms with Gasteiger partial charge in [-0.25, -0.2) is 0 Å². The Hall–Kier alpha value is -1.60. The predicted octanol–water partition coefficient (Wildman–Crippen LogP) is 10.4. The standard InChI is InChI=1S/C34H55N/c1-30-24-19-21-26-32(30)34(33-27-22-20-25-31(33)2)28-18-16-14-12-10-8-6-4-3-5-7-9-11-13-15-17-23-29-35/h19-22,24-27,34H,3-18,23,28-29,35H2,1-2H3. The summed E-state index contributed by atoms with van der Waals surface area (Å²) in [6.45, 7) is 5.41. The molecule has 35 heavy (non-hydrogen) atoms. The fourth-order valence-electron chi connectivity index (χ4n) is 5.58. The Morgan fingerprint density at radius 1 is 0.457 bits per heavy atom. The first kappa shape index (κ1) is 29.6. The largest absolute Gasteiger partial charge is 0.330 e. The number of rotatable bonds is 21. The van der Waals surface area contributed by atoms with E-state index in [0.29, 0.717) is 5.92 Å². The lowest BCUT2D eigenvalue weighted by atomic mass is 9.82. The van der Waals surface area contributed by atoms with Gasteiger partial charge in [0.2, 0.25) is 0 Å². The van der Waals surface area contributed by atoms with Gasteiger partial charge in [0.1, 0.15) is 0 Å². The normalized spacial score (nSPS) is 11.4. The fraction of sp³-hybridized carbons (Fsp3) is 0.647. The van der Waals surface area contributed by atoms with Crippen LogP contribution in [0.1, 0.15) is 144 Å². The second kappa shape index (κ2) is 19.6. The highest BCUT2D eigenvalue weighted by Crippen LogP contribution is 2.34. The zero-order valence-corrected chi connectivity index (χ0v) is 23.2. The van der Waals surface area contributed by atoms with Crippen LogP contribution in [0.2, 0.25) is 0 Å². The van der Waals surface area contributed by atoms with Crippen LogP contribution in [-0.2, 0) is 0 Å². The molecule has 0 bridgehead atoms. The Labute approximate surface area is 218 Å². The smallest absolute Gasteiger partial charge is 0.00945 e. The van der Waals surface area contributed by atoms with Crippen LogP contribution < -0.4 is 5.73 Å². The van der Waals surface area contributed by atoms with E-state index in [0.717, 1.165) is 6.54 Å². The summed E-state index contributed by atoms with van der Waals surface area (Å²) < 4.78 is 0. The molecule has 196 valence electrons. The van der Waals surface area contributed by atoms with Crippen LogP contribution in [0.4, 0.5) is 0 Å². The molecule has 1 nitrogen and oxygen atoms in total. The van der Waals surface area contributed by atoms with Crippen molar-refractivity contribution in [1.82, 2.24) is 0 Å². The Kier molecular flexibility index (Phi) is 16.6. The number of hydrogen-bond donors (Lipinski definition) is 1. The molecule has 0 aliphatic heterocycles. The third kappa shape index (κ3) is 12.8. The number of unbranched alkanes of at least 4 members (excludes halogenated alkanes) is 16. The van der Waals surface area contributed by atoms with Gasteiger partial charge in [-0.1, -0.05) is 151 Å². The summed E-state index contributed by atoms with van der Waals surface area (Å²) in [7, 11) is 0. The van der Waals surface area contributed by atoms with Gasteiger partial charge in [0.25, 0.3) is 0 Å². The lowest BCUT2D eigenvalue weighted by molar-refractivity contribution is 0.521. The van der Waals surface area contributed by atoms with Crippen LogP contribution in [0.3, 0.4) is 0 Å². The molecule has 0 aromatic heterocycles. The van der Waals surface area contributed by atoms with E-state index in [1.54, 1.807) is 0 Å². The molecule has 0 aliphatic carbocycles. The van der Waals surface area contributed by atoms with Crippen molar-refractivity contribution in [2.24, 2.45) is 5.73 Å². The van der Waals surface area contributed by atoms with Gasteiger partial charge in [0.15, 0.2) is 0 Å². The molecule has 0 fully saturated rings. The van der Waals surface area contributed by atoms with Crippen molar-refractivity contribution in [3.05, 3.63) is 70.8 Å². The van der Waals surface area contributed by atoms with Gasteiger partial charge < -0.3 is 5.73 Å². The molecular weight excluding hydrogens is 422 g/mol. The van der Waals surface area contributed by atoms with E-state index < -0.39 is 0 Å². The summed E-state index contributed by atoms with van der Waals surface area (Å²) in [5.41, 5.74) is 11.4. The molecular formula is C34H55N. The van der Waals surface area contributed by atoms with E-state index in [4.69, 9.17) is 5.73 Å². The van der Waals surface area contributed by atoms with Crippen LogP contribution in [-0.4, -0.2) is 6.54 Å². The van der Waals surface area contributed by atoms with Gasteiger partial charge >= 0.3 is 0 Å². The lowest BCUT2D eigenvalue weighted by Gasteiger charge is -2.22. The molecule has 0 spiro atoms. The first-order chi connectivity index (χ1) is 17.2. The summed E-state index contributed by atoms with van der Waals surface area (Å²) >= 11 is 0. The molecule has 0 radical (unpaired) electrons. The summed E-state index contributed by atoms with van der Waals surface area (Å²) in [4.78, 5) is 0. The molecule has 2 aromatic carbocycles. The van der Waals surface area contributed by atoms with Crippen molar-refractivity contribution in [2.45, 2.75) is 135 Å². The molecule has 0 amide bonds. The molecule has 2 N–H and O–H groups in total. The molecule has 0 saturated carbocycles. The maximum Gasteiger partial charge on any atom is 0.00945 e. The summed E-state index contributed by atoms with van der Waals surface area (Å²) in [6, 6.07) is 18.0. The summed E-state index contributed by atoms with van der Waals surface area (Å²) in [6.07, 6.45) is 25.1. The van der Waals surface area contributed by atoms with E-state index in [9.17, 15) is 0 Å². The molecule has 2 rings (SSSR count). The number of aryl methyl sites for hydroxylation is 2. The first-order valence-corrected chi connectivity index (χ1v) is 15.0. The summed E-state index contributed by atoms with van der Waals surface area (Å²) in [5.74, 6) is 0.536. The molecule has 0 saturated heterocycles. The second-order valence-corrected chi connectivity index (χ2v) is 10.9. The van der Waals surface area contributed by atoms with Crippen molar-refractivity contribution in [3.8, 4) is 0 Å². The van der Waals surface area contributed by atoms with Gasteiger partial charge in [-0.3, -0.25) is 0 Å². The van der Waals surface area contributed by atoms with Gasteiger partial charge in [-0.2, -0.15) is 0 Å². The quantitative estimate of drug-likeness (QED) is 0.178. The Morgan fingerprint density at radius 3 is 1.11 bits per heavy atom. The maximum atomic E-state index is 5.55. The fourth-order valence-corrected chi connectivity index (χ4v) is 5.58. The van der Waals surface area contributed by atoms with Crippen molar-refractivity contribution >= 4 is 0 Å². The molecule has 2 aromatic rings. The van der Waals surface area contributed by atoms with Crippen LogP contribution in [0, 0.1) is 13.8 Å².